The molecule has 0 fully saturated rings. The zero-order chi connectivity index (χ0) is 13.3. The van der Waals surface area contributed by atoms with Crippen molar-refractivity contribution < 1.29 is 23.7 Å². The van der Waals surface area contributed by atoms with Crippen LogP contribution in [0.5, 0.6) is 11.5 Å². The number of rotatable bonds is 9. The third-order valence-corrected chi connectivity index (χ3v) is 3.26. The molecule has 1 aromatic rings. The van der Waals surface area contributed by atoms with Crippen LogP contribution in [0.15, 0.2) is 10.8 Å². The fourth-order valence-electron chi connectivity index (χ4n) is 1.64. The van der Waals surface area contributed by atoms with E-state index in [2.05, 4.69) is 0 Å². The van der Waals surface area contributed by atoms with Crippen molar-refractivity contribution in [3.05, 3.63) is 10.8 Å². The topological polar surface area (TPSA) is 46.2 Å². The average molecular weight is 288 g/mol. The molecular formula is C13H20O5S. The van der Waals surface area contributed by atoms with Gasteiger partial charge in [0.1, 0.15) is 6.61 Å². The van der Waals surface area contributed by atoms with Gasteiger partial charge in [0.05, 0.1) is 33.0 Å². The molecule has 6 heteroatoms. The SMILES string of the molecule is CCOCCOCCOCC1COc2cscc2O1. The van der Waals surface area contributed by atoms with Crippen LogP contribution in [-0.4, -0.2) is 52.4 Å². The maximum absolute atomic E-state index is 5.73. The molecule has 1 aromatic heterocycles. The van der Waals surface area contributed by atoms with Crippen molar-refractivity contribution in [1.29, 1.82) is 0 Å². The van der Waals surface area contributed by atoms with Gasteiger partial charge in [0.2, 0.25) is 0 Å². The van der Waals surface area contributed by atoms with E-state index in [0.29, 0.717) is 39.6 Å². The Hall–Kier alpha value is -0.820. The first-order chi connectivity index (χ1) is 9.40. The predicted octanol–water partition coefficient (Wildman–Crippen LogP) is 1.96. The zero-order valence-corrected chi connectivity index (χ0v) is 11.9. The third-order valence-electron chi connectivity index (χ3n) is 2.56. The molecule has 0 N–H and O–H groups in total. The first-order valence-corrected chi connectivity index (χ1v) is 7.43. The summed E-state index contributed by atoms with van der Waals surface area (Å²) in [4.78, 5) is 0. The number of ether oxygens (including phenoxy) is 5. The Bertz CT molecular complexity index is 355. The highest BCUT2D eigenvalue weighted by Crippen LogP contribution is 2.35. The predicted molar refractivity (Wildman–Crippen MR) is 72.4 cm³/mol. The van der Waals surface area contributed by atoms with E-state index in [1.807, 2.05) is 17.7 Å². The first kappa shape index (κ1) is 14.6. The van der Waals surface area contributed by atoms with Crippen molar-refractivity contribution in [2.45, 2.75) is 13.0 Å². The molecule has 1 aliphatic heterocycles. The van der Waals surface area contributed by atoms with Crippen LogP contribution in [0.4, 0.5) is 0 Å². The van der Waals surface area contributed by atoms with Gasteiger partial charge in [0.25, 0.3) is 0 Å². The Morgan fingerprint density at radius 1 is 1.11 bits per heavy atom. The summed E-state index contributed by atoms with van der Waals surface area (Å²) in [5.41, 5.74) is 0. The Balaban J connectivity index is 1.48. The Kier molecular flexibility index (Phi) is 6.43. The molecule has 0 aliphatic carbocycles. The van der Waals surface area contributed by atoms with Crippen molar-refractivity contribution in [3.8, 4) is 11.5 Å². The highest BCUT2D eigenvalue weighted by molar-refractivity contribution is 7.08. The molecule has 0 bridgehead atoms. The van der Waals surface area contributed by atoms with E-state index in [9.17, 15) is 0 Å². The van der Waals surface area contributed by atoms with E-state index in [4.69, 9.17) is 23.7 Å². The minimum Gasteiger partial charge on any atom is -0.485 e. The molecule has 108 valence electrons. The molecule has 0 spiro atoms. The summed E-state index contributed by atoms with van der Waals surface area (Å²) in [5, 5.41) is 3.89. The molecule has 0 radical (unpaired) electrons. The maximum atomic E-state index is 5.73. The van der Waals surface area contributed by atoms with Gasteiger partial charge in [0, 0.05) is 17.4 Å². The lowest BCUT2D eigenvalue weighted by molar-refractivity contribution is -0.0196. The van der Waals surface area contributed by atoms with E-state index in [0.717, 1.165) is 18.1 Å². The molecule has 19 heavy (non-hydrogen) atoms. The molecule has 1 unspecified atom stereocenters. The van der Waals surface area contributed by atoms with Crippen molar-refractivity contribution in [3.63, 3.8) is 0 Å². The fraction of sp³-hybridized carbons (Fsp3) is 0.692. The lowest BCUT2D eigenvalue weighted by Gasteiger charge is -2.24. The molecule has 0 saturated heterocycles. The van der Waals surface area contributed by atoms with Crippen molar-refractivity contribution >= 4 is 11.3 Å². The van der Waals surface area contributed by atoms with Crippen LogP contribution in [-0.2, 0) is 14.2 Å². The van der Waals surface area contributed by atoms with Crippen molar-refractivity contribution in [2.24, 2.45) is 0 Å². The standard InChI is InChI=1S/C13H20O5S/c1-2-14-3-4-15-5-6-16-7-11-8-17-12-9-19-10-13(12)18-11/h9-11H,2-8H2,1H3. The minimum absolute atomic E-state index is 0.0366. The van der Waals surface area contributed by atoms with Crippen LogP contribution in [0, 0.1) is 0 Å². The second kappa shape index (κ2) is 8.37. The fourth-order valence-corrected chi connectivity index (χ4v) is 2.31. The molecule has 2 heterocycles. The summed E-state index contributed by atoms with van der Waals surface area (Å²) in [5.74, 6) is 1.65. The summed E-state index contributed by atoms with van der Waals surface area (Å²) in [7, 11) is 0. The second-order valence-corrected chi connectivity index (χ2v) is 4.78. The number of fused-ring (bicyclic) bond motifs is 1. The van der Waals surface area contributed by atoms with Gasteiger partial charge >= 0.3 is 0 Å². The summed E-state index contributed by atoms with van der Waals surface area (Å²) in [6, 6.07) is 0. The van der Waals surface area contributed by atoms with Crippen LogP contribution in [0.1, 0.15) is 6.92 Å². The van der Waals surface area contributed by atoms with E-state index >= 15 is 0 Å². The van der Waals surface area contributed by atoms with Crippen LogP contribution in [0.2, 0.25) is 0 Å². The zero-order valence-electron chi connectivity index (χ0n) is 11.1. The maximum Gasteiger partial charge on any atom is 0.172 e. The van der Waals surface area contributed by atoms with Gasteiger partial charge < -0.3 is 23.7 Å². The summed E-state index contributed by atoms with van der Waals surface area (Å²) < 4.78 is 27.3. The van der Waals surface area contributed by atoms with Gasteiger partial charge in [-0.3, -0.25) is 0 Å². The van der Waals surface area contributed by atoms with Crippen LogP contribution < -0.4 is 9.47 Å². The Morgan fingerprint density at radius 2 is 1.84 bits per heavy atom. The highest BCUT2D eigenvalue weighted by Gasteiger charge is 2.21. The second-order valence-electron chi connectivity index (χ2n) is 4.04. The van der Waals surface area contributed by atoms with Crippen LogP contribution >= 0.6 is 11.3 Å². The highest BCUT2D eigenvalue weighted by atomic mass is 32.1. The molecule has 1 aliphatic rings. The third kappa shape index (κ3) is 4.99. The van der Waals surface area contributed by atoms with Gasteiger partial charge in [-0.15, -0.1) is 11.3 Å². The molecule has 0 saturated carbocycles. The molecule has 0 aromatic carbocycles. The monoisotopic (exact) mass is 288 g/mol. The van der Waals surface area contributed by atoms with Crippen LogP contribution in [0.3, 0.4) is 0 Å². The Morgan fingerprint density at radius 3 is 2.68 bits per heavy atom. The molecule has 1 atom stereocenters. The van der Waals surface area contributed by atoms with Crippen molar-refractivity contribution in [1.82, 2.24) is 0 Å². The van der Waals surface area contributed by atoms with Crippen molar-refractivity contribution in [2.75, 3.05) is 46.2 Å². The Labute approximate surface area is 117 Å². The summed E-state index contributed by atoms with van der Waals surface area (Å²) >= 11 is 1.58. The smallest absolute Gasteiger partial charge is 0.172 e. The van der Waals surface area contributed by atoms with Gasteiger partial charge in [-0.2, -0.15) is 0 Å². The number of hydrogen-bond donors (Lipinski definition) is 0. The summed E-state index contributed by atoms with van der Waals surface area (Å²) in [6.45, 7) is 6.12. The largest absolute Gasteiger partial charge is 0.485 e. The number of hydrogen-bond acceptors (Lipinski definition) is 6. The van der Waals surface area contributed by atoms with E-state index in [-0.39, 0.29) is 6.10 Å². The quantitative estimate of drug-likeness (QED) is 0.650. The van der Waals surface area contributed by atoms with Gasteiger partial charge in [-0.05, 0) is 6.92 Å². The lowest BCUT2D eigenvalue weighted by atomic mass is 10.3. The number of thiophene rings is 1. The van der Waals surface area contributed by atoms with E-state index in [1.54, 1.807) is 11.3 Å². The van der Waals surface area contributed by atoms with Gasteiger partial charge in [0.15, 0.2) is 17.6 Å². The lowest BCUT2D eigenvalue weighted by Crippen LogP contribution is -2.33. The van der Waals surface area contributed by atoms with Crippen LogP contribution in [0.25, 0.3) is 0 Å². The minimum atomic E-state index is -0.0366. The van der Waals surface area contributed by atoms with E-state index < -0.39 is 0 Å². The molecule has 5 nitrogen and oxygen atoms in total. The average Bonchev–Trinajstić information content (AvgIpc) is 2.89. The van der Waals surface area contributed by atoms with Gasteiger partial charge in [-0.25, -0.2) is 0 Å². The molecule has 2 rings (SSSR count). The van der Waals surface area contributed by atoms with Gasteiger partial charge in [-0.1, -0.05) is 0 Å². The normalized spacial score (nSPS) is 17.6. The van der Waals surface area contributed by atoms with E-state index in [1.165, 1.54) is 0 Å². The summed E-state index contributed by atoms with van der Waals surface area (Å²) in [6.07, 6.45) is -0.0366. The molecule has 0 amide bonds. The molecular weight excluding hydrogens is 268 g/mol. The first-order valence-electron chi connectivity index (χ1n) is 6.49.